The molecule has 0 fully saturated rings. The molecule has 1 N–H and O–H groups in total. The van der Waals surface area contributed by atoms with Crippen LogP contribution in [0.5, 0.6) is 5.75 Å². The van der Waals surface area contributed by atoms with E-state index in [4.69, 9.17) is 9.72 Å². The van der Waals surface area contributed by atoms with E-state index in [1.165, 1.54) is 0 Å². The molecule has 0 aliphatic heterocycles. The Morgan fingerprint density at radius 1 is 1.27 bits per heavy atom. The van der Waals surface area contributed by atoms with Gasteiger partial charge in [-0.05, 0) is 25.5 Å². The van der Waals surface area contributed by atoms with Gasteiger partial charge in [-0.15, -0.1) is 0 Å². The van der Waals surface area contributed by atoms with Crippen molar-refractivity contribution in [3.63, 3.8) is 0 Å². The summed E-state index contributed by atoms with van der Waals surface area (Å²) in [5.41, 5.74) is 3.16. The molecule has 2 aromatic rings. The van der Waals surface area contributed by atoms with E-state index in [1.807, 2.05) is 12.1 Å². The predicted octanol–water partition coefficient (Wildman–Crippen LogP) is 4.96. The Balaban J connectivity index is 2.54. The van der Waals surface area contributed by atoms with E-state index in [0.29, 0.717) is 6.04 Å². The van der Waals surface area contributed by atoms with Gasteiger partial charge in [-0.1, -0.05) is 40.2 Å². The Bertz CT molecular complexity index is 644. The fourth-order valence-electron chi connectivity index (χ4n) is 2.50. The molecule has 22 heavy (non-hydrogen) atoms. The maximum atomic E-state index is 5.42. The highest BCUT2D eigenvalue weighted by molar-refractivity contribution is 5.92. The van der Waals surface area contributed by atoms with Gasteiger partial charge < -0.3 is 10.1 Å². The van der Waals surface area contributed by atoms with Crippen LogP contribution in [-0.4, -0.2) is 18.1 Å². The third kappa shape index (κ3) is 3.70. The number of rotatable bonds is 5. The van der Waals surface area contributed by atoms with Gasteiger partial charge in [0.2, 0.25) is 0 Å². The summed E-state index contributed by atoms with van der Waals surface area (Å²) in [5.74, 6) is 0.849. The maximum Gasteiger partial charge on any atom is 0.121 e. The van der Waals surface area contributed by atoms with Gasteiger partial charge in [0.05, 0.1) is 18.3 Å². The molecular formula is C19H27N2O. The zero-order chi connectivity index (χ0) is 16.3. The standard InChI is InChI=1S/C19H27N2O/c1-7-8-13(2)20-16-12-15(22-6)11-14-9-10-17(19(3,4)5)21-18(14)16/h9-13,20H,1,7-8H2,2-6H3. The van der Waals surface area contributed by atoms with Crippen molar-refractivity contribution in [3.05, 3.63) is 36.9 Å². The largest absolute Gasteiger partial charge is 0.497 e. The van der Waals surface area contributed by atoms with Crippen LogP contribution in [0.25, 0.3) is 10.9 Å². The number of ether oxygens (including phenoxy) is 1. The van der Waals surface area contributed by atoms with E-state index in [0.717, 1.165) is 40.9 Å². The highest BCUT2D eigenvalue weighted by atomic mass is 16.5. The Hall–Kier alpha value is -1.77. The lowest BCUT2D eigenvalue weighted by atomic mass is 9.91. The van der Waals surface area contributed by atoms with Gasteiger partial charge in [0, 0.05) is 28.6 Å². The monoisotopic (exact) mass is 299 g/mol. The van der Waals surface area contributed by atoms with E-state index in [1.54, 1.807) is 7.11 Å². The van der Waals surface area contributed by atoms with Gasteiger partial charge in [0.1, 0.15) is 5.75 Å². The van der Waals surface area contributed by atoms with Crippen LogP contribution in [0.3, 0.4) is 0 Å². The lowest BCUT2D eigenvalue weighted by Crippen LogP contribution is -2.16. The number of anilines is 1. The average Bonchev–Trinajstić information content (AvgIpc) is 2.45. The van der Waals surface area contributed by atoms with E-state index in [-0.39, 0.29) is 5.41 Å². The minimum atomic E-state index is 0.0321. The van der Waals surface area contributed by atoms with Crippen molar-refractivity contribution in [2.45, 2.75) is 52.0 Å². The van der Waals surface area contributed by atoms with Crippen molar-refractivity contribution in [1.82, 2.24) is 4.98 Å². The summed E-state index contributed by atoms with van der Waals surface area (Å²) in [6.45, 7) is 12.7. The first kappa shape index (κ1) is 16.6. The third-order valence-corrected chi connectivity index (χ3v) is 3.81. The second kappa shape index (κ2) is 6.55. The van der Waals surface area contributed by atoms with Crippen molar-refractivity contribution >= 4 is 16.6 Å². The van der Waals surface area contributed by atoms with Gasteiger partial charge in [-0.3, -0.25) is 4.98 Å². The van der Waals surface area contributed by atoms with E-state index in [9.17, 15) is 0 Å². The first-order valence-corrected chi connectivity index (χ1v) is 7.90. The van der Waals surface area contributed by atoms with Crippen molar-refractivity contribution < 1.29 is 4.74 Å². The smallest absolute Gasteiger partial charge is 0.121 e. The van der Waals surface area contributed by atoms with Crippen LogP contribution in [0.4, 0.5) is 5.69 Å². The van der Waals surface area contributed by atoms with Gasteiger partial charge in [-0.2, -0.15) is 0 Å². The van der Waals surface area contributed by atoms with Crippen LogP contribution in [0, 0.1) is 6.92 Å². The highest BCUT2D eigenvalue weighted by Gasteiger charge is 2.17. The SMILES string of the molecule is [CH2]CCC(C)Nc1cc(OC)cc2ccc(C(C)(C)C)nc12. The van der Waals surface area contributed by atoms with Crippen LogP contribution in [0.2, 0.25) is 0 Å². The average molecular weight is 299 g/mol. The molecule has 0 amide bonds. The number of nitrogens with zero attached hydrogens (tertiary/aromatic N) is 1. The van der Waals surface area contributed by atoms with E-state index < -0.39 is 0 Å². The van der Waals surface area contributed by atoms with Crippen molar-refractivity contribution in [1.29, 1.82) is 0 Å². The van der Waals surface area contributed by atoms with Crippen LogP contribution in [0.15, 0.2) is 24.3 Å². The molecule has 119 valence electrons. The number of hydrogen-bond acceptors (Lipinski definition) is 3. The molecule has 0 aliphatic rings. The van der Waals surface area contributed by atoms with Crippen molar-refractivity contribution in [2.75, 3.05) is 12.4 Å². The number of fused-ring (bicyclic) bond motifs is 1. The molecule has 1 unspecified atom stereocenters. The first-order valence-electron chi connectivity index (χ1n) is 7.90. The molecule has 0 aliphatic carbocycles. The molecule has 0 spiro atoms. The van der Waals surface area contributed by atoms with Gasteiger partial charge in [-0.25, -0.2) is 0 Å². The van der Waals surface area contributed by atoms with Gasteiger partial charge in [0.15, 0.2) is 0 Å². The molecule has 1 atom stereocenters. The number of hydrogen-bond donors (Lipinski definition) is 1. The zero-order valence-electron chi connectivity index (χ0n) is 14.4. The van der Waals surface area contributed by atoms with E-state index in [2.05, 4.69) is 52.1 Å². The normalized spacial score (nSPS) is 13.2. The molecule has 3 nitrogen and oxygen atoms in total. The summed E-state index contributed by atoms with van der Waals surface area (Å²) < 4.78 is 5.42. The topological polar surface area (TPSA) is 34.1 Å². The van der Waals surface area contributed by atoms with Crippen molar-refractivity contribution in [2.24, 2.45) is 0 Å². The summed E-state index contributed by atoms with van der Waals surface area (Å²) in [7, 11) is 1.70. The van der Waals surface area contributed by atoms with Gasteiger partial charge in [0.25, 0.3) is 0 Å². The lowest BCUT2D eigenvalue weighted by Gasteiger charge is -2.21. The van der Waals surface area contributed by atoms with Crippen LogP contribution in [-0.2, 0) is 5.41 Å². The van der Waals surface area contributed by atoms with E-state index >= 15 is 0 Å². The fraction of sp³-hybridized carbons (Fsp3) is 0.474. The first-order chi connectivity index (χ1) is 10.3. The molecule has 0 saturated heterocycles. The summed E-state index contributed by atoms with van der Waals surface area (Å²) in [6.07, 6.45) is 1.94. The lowest BCUT2D eigenvalue weighted by molar-refractivity contribution is 0.415. The molecule has 0 bridgehead atoms. The molecule has 1 heterocycles. The predicted molar refractivity (Wildman–Crippen MR) is 94.7 cm³/mol. The molecule has 1 radical (unpaired) electrons. The van der Waals surface area contributed by atoms with Crippen LogP contribution in [0.1, 0.15) is 46.2 Å². The number of aromatic nitrogens is 1. The molecule has 1 aromatic heterocycles. The molecule has 2 rings (SSSR count). The highest BCUT2D eigenvalue weighted by Crippen LogP contribution is 2.31. The summed E-state index contributed by atoms with van der Waals surface area (Å²) in [6, 6.07) is 8.65. The van der Waals surface area contributed by atoms with Crippen molar-refractivity contribution in [3.8, 4) is 5.75 Å². The quantitative estimate of drug-likeness (QED) is 0.847. The van der Waals surface area contributed by atoms with Crippen LogP contribution < -0.4 is 10.1 Å². The Labute approximate surface area is 134 Å². The molecule has 0 saturated carbocycles. The maximum absolute atomic E-state index is 5.42. The second-order valence-corrected chi connectivity index (χ2v) is 6.88. The molecule has 1 aromatic carbocycles. The second-order valence-electron chi connectivity index (χ2n) is 6.88. The molecular weight excluding hydrogens is 272 g/mol. The number of nitrogens with one attached hydrogen (secondary N) is 1. The summed E-state index contributed by atoms with van der Waals surface area (Å²) in [5, 5.41) is 4.65. The number of benzene rings is 1. The summed E-state index contributed by atoms with van der Waals surface area (Å²) in [4.78, 5) is 4.90. The Morgan fingerprint density at radius 2 is 2.00 bits per heavy atom. The Kier molecular flexibility index (Phi) is 4.94. The number of methoxy groups -OCH3 is 1. The summed E-state index contributed by atoms with van der Waals surface area (Å²) >= 11 is 0. The molecule has 3 heteroatoms. The number of pyridine rings is 1. The van der Waals surface area contributed by atoms with Gasteiger partial charge >= 0.3 is 0 Å². The van der Waals surface area contributed by atoms with Crippen LogP contribution >= 0.6 is 0 Å². The third-order valence-electron chi connectivity index (χ3n) is 3.81. The Morgan fingerprint density at radius 3 is 2.59 bits per heavy atom. The minimum Gasteiger partial charge on any atom is -0.497 e. The minimum absolute atomic E-state index is 0.0321. The fourth-order valence-corrected chi connectivity index (χ4v) is 2.50. The zero-order valence-corrected chi connectivity index (χ0v) is 14.4.